The molecular weight excluding hydrogens is 434 g/mol. The molecule has 1 N–H and O–H groups in total. The number of nitrogens with zero attached hydrogens (tertiary/aromatic N) is 2. The summed E-state index contributed by atoms with van der Waals surface area (Å²) in [5, 5.41) is 3.75. The van der Waals surface area contributed by atoms with Crippen molar-refractivity contribution in [3.8, 4) is 5.75 Å². The van der Waals surface area contributed by atoms with E-state index in [1.54, 1.807) is 13.2 Å². The Morgan fingerprint density at radius 3 is 2.82 bits per heavy atom. The fourth-order valence-corrected chi connectivity index (χ4v) is 4.08. The second-order valence-electron chi connectivity index (χ2n) is 8.03. The smallest absolute Gasteiger partial charge is 0.339 e. The van der Waals surface area contributed by atoms with Crippen molar-refractivity contribution >= 4 is 33.9 Å². The molecule has 0 fully saturated rings. The van der Waals surface area contributed by atoms with Crippen LogP contribution in [-0.2, 0) is 22.5 Å². The first-order valence-electron chi connectivity index (χ1n) is 11.4. The van der Waals surface area contributed by atoms with Gasteiger partial charge in [-0.1, -0.05) is 12.1 Å². The number of nitrogens with one attached hydrogen (secondary N) is 1. The van der Waals surface area contributed by atoms with Crippen LogP contribution in [-0.4, -0.2) is 35.8 Å². The third-order valence-corrected chi connectivity index (χ3v) is 5.88. The van der Waals surface area contributed by atoms with E-state index in [0.717, 1.165) is 28.4 Å². The molecule has 8 heteroatoms. The van der Waals surface area contributed by atoms with E-state index in [1.807, 2.05) is 54.8 Å². The number of fused-ring (bicyclic) bond motifs is 2. The van der Waals surface area contributed by atoms with E-state index >= 15 is 0 Å². The summed E-state index contributed by atoms with van der Waals surface area (Å²) in [6.07, 6.45) is 1.21. The van der Waals surface area contributed by atoms with E-state index in [1.165, 1.54) is 0 Å². The zero-order valence-corrected chi connectivity index (χ0v) is 19.7. The zero-order chi connectivity index (χ0) is 24.1. The van der Waals surface area contributed by atoms with Crippen LogP contribution >= 0.6 is 0 Å². The Morgan fingerprint density at radius 1 is 1.21 bits per heavy atom. The number of rotatable bonds is 10. The number of ether oxygens (including phenoxy) is 2. The first-order chi connectivity index (χ1) is 16.5. The van der Waals surface area contributed by atoms with E-state index in [9.17, 15) is 9.59 Å². The number of benzene rings is 2. The number of para-hydroxylation sites is 2. The van der Waals surface area contributed by atoms with E-state index in [0.29, 0.717) is 42.6 Å². The number of imidazole rings is 1. The first-order valence-corrected chi connectivity index (χ1v) is 11.4. The Kier molecular flexibility index (Phi) is 7.27. The summed E-state index contributed by atoms with van der Waals surface area (Å²) in [5.41, 5.74) is 3.11. The van der Waals surface area contributed by atoms with Gasteiger partial charge in [0, 0.05) is 43.2 Å². The number of hydrogen-bond acceptors (Lipinski definition) is 6. The van der Waals surface area contributed by atoms with Gasteiger partial charge >= 0.3 is 5.63 Å². The van der Waals surface area contributed by atoms with E-state index in [-0.39, 0.29) is 18.7 Å². The molecule has 0 bridgehead atoms. The molecule has 0 spiro atoms. The topological polar surface area (TPSA) is 95.6 Å². The molecule has 0 aliphatic rings. The summed E-state index contributed by atoms with van der Waals surface area (Å²) < 4.78 is 18.1. The van der Waals surface area contributed by atoms with Crippen molar-refractivity contribution in [1.29, 1.82) is 0 Å². The lowest BCUT2D eigenvalue weighted by Crippen LogP contribution is -2.19. The zero-order valence-electron chi connectivity index (χ0n) is 19.7. The highest BCUT2D eigenvalue weighted by Gasteiger charge is 2.16. The summed E-state index contributed by atoms with van der Waals surface area (Å²) in [7, 11) is 1.56. The average Bonchev–Trinajstić information content (AvgIpc) is 3.18. The Labute approximate surface area is 197 Å². The molecule has 2 aromatic heterocycles. The Morgan fingerprint density at radius 2 is 2.03 bits per heavy atom. The highest BCUT2D eigenvalue weighted by Crippen LogP contribution is 2.25. The van der Waals surface area contributed by atoms with Crippen LogP contribution in [0.1, 0.15) is 30.9 Å². The van der Waals surface area contributed by atoms with Gasteiger partial charge in [-0.05, 0) is 56.5 Å². The summed E-state index contributed by atoms with van der Waals surface area (Å²) in [6, 6.07) is 13.1. The van der Waals surface area contributed by atoms with Crippen molar-refractivity contribution in [2.24, 2.45) is 0 Å². The lowest BCUT2D eigenvalue weighted by atomic mass is 10.0. The minimum absolute atomic E-state index is 0.134. The Balaban J connectivity index is 1.50. The minimum Gasteiger partial charge on any atom is -0.497 e. The molecule has 0 atom stereocenters. The molecule has 34 heavy (non-hydrogen) atoms. The van der Waals surface area contributed by atoms with Crippen molar-refractivity contribution in [2.75, 3.05) is 25.6 Å². The molecule has 2 heterocycles. The summed E-state index contributed by atoms with van der Waals surface area (Å²) >= 11 is 0. The number of hydrogen-bond donors (Lipinski definition) is 1. The number of anilines is 1. The van der Waals surface area contributed by atoms with Crippen molar-refractivity contribution < 1.29 is 18.7 Å². The van der Waals surface area contributed by atoms with Crippen molar-refractivity contribution in [3.63, 3.8) is 0 Å². The number of aryl methyl sites for hydroxylation is 2. The lowest BCUT2D eigenvalue weighted by Gasteiger charge is -2.11. The number of carbonyl (C=O) groups is 1. The number of aromatic nitrogens is 2. The third-order valence-electron chi connectivity index (χ3n) is 5.88. The fraction of sp³-hybridized carbons (Fsp3) is 0.346. The van der Waals surface area contributed by atoms with Crippen LogP contribution in [0.4, 0.5) is 5.95 Å². The summed E-state index contributed by atoms with van der Waals surface area (Å²) in [5.74, 6) is 0.901. The summed E-state index contributed by atoms with van der Waals surface area (Å²) in [4.78, 5) is 30.0. The third kappa shape index (κ3) is 4.97. The van der Waals surface area contributed by atoms with Gasteiger partial charge in [0.05, 0.1) is 18.1 Å². The molecule has 178 valence electrons. The van der Waals surface area contributed by atoms with E-state index in [4.69, 9.17) is 13.9 Å². The van der Waals surface area contributed by atoms with Gasteiger partial charge in [-0.25, -0.2) is 9.78 Å². The van der Waals surface area contributed by atoms with E-state index < -0.39 is 5.63 Å². The van der Waals surface area contributed by atoms with Crippen LogP contribution in [0.3, 0.4) is 0 Å². The molecule has 8 nitrogen and oxygen atoms in total. The molecule has 0 radical (unpaired) electrons. The first kappa shape index (κ1) is 23.5. The van der Waals surface area contributed by atoms with Gasteiger partial charge in [0.2, 0.25) is 11.9 Å². The van der Waals surface area contributed by atoms with E-state index in [2.05, 4.69) is 10.3 Å². The molecule has 4 aromatic rings. The van der Waals surface area contributed by atoms with Crippen LogP contribution in [0.2, 0.25) is 0 Å². The predicted octanol–water partition coefficient (Wildman–Crippen LogP) is 4.46. The second kappa shape index (κ2) is 10.5. The molecule has 1 amide bonds. The average molecular weight is 464 g/mol. The Hall–Kier alpha value is -3.65. The molecule has 0 saturated heterocycles. The molecule has 0 unspecified atom stereocenters. The molecule has 0 saturated carbocycles. The van der Waals surface area contributed by atoms with Crippen molar-refractivity contribution in [1.82, 2.24) is 9.55 Å². The van der Waals surface area contributed by atoms with Crippen LogP contribution < -0.4 is 15.7 Å². The number of amides is 1. The largest absolute Gasteiger partial charge is 0.497 e. The highest BCUT2D eigenvalue weighted by molar-refractivity contribution is 5.92. The maximum Gasteiger partial charge on any atom is 0.339 e. The van der Waals surface area contributed by atoms with Crippen LogP contribution in [0.5, 0.6) is 5.75 Å². The fourth-order valence-electron chi connectivity index (χ4n) is 4.08. The monoisotopic (exact) mass is 463 g/mol. The molecule has 0 aliphatic carbocycles. The summed E-state index contributed by atoms with van der Waals surface area (Å²) in [6.45, 7) is 5.82. The SMILES string of the molecule is CCOCCCn1c(NC(=O)CCc2c(C)c3ccc(OC)cc3oc2=O)nc2ccccc21. The van der Waals surface area contributed by atoms with Gasteiger partial charge in [-0.15, -0.1) is 0 Å². The molecule has 0 aliphatic heterocycles. The number of methoxy groups -OCH3 is 1. The minimum atomic E-state index is -0.436. The van der Waals surface area contributed by atoms with Crippen LogP contribution in [0.15, 0.2) is 51.7 Å². The highest BCUT2D eigenvalue weighted by atomic mass is 16.5. The molecular formula is C26H29N3O5. The Bertz CT molecular complexity index is 1370. The van der Waals surface area contributed by atoms with Crippen LogP contribution in [0, 0.1) is 6.92 Å². The lowest BCUT2D eigenvalue weighted by molar-refractivity contribution is -0.116. The van der Waals surface area contributed by atoms with Gasteiger partial charge in [0.1, 0.15) is 11.3 Å². The predicted molar refractivity (Wildman–Crippen MR) is 132 cm³/mol. The van der Waals surface area contributed by atoms with Crippen molar-refractivity contribution in [2.45, 2.75) is 39.7 Å². The maximum absolute atomic E-state index is 12.8. The van der Waals surface area contributed by atoms with Gasteiger partial charge in [0.25, 0.3) is 0 Å². The van der Waals surface area contributed by atoms with Gasteiger partial charge in [0.15, 0.2) is 0 Å². The second-order valence-corrected chi connectivity index (χ2v) is 8.03. The van der Waals surface area contributed by atoms with Crippen molar-refractivity contribution in [3.05, 3.63) is 64.0 Å². The van der Waals surface area contributed by atoms with Gasteiger partial charge in [-0.2, -0.15) is 0 Å². The molecule has 2 aromatic carbocycles. The normalized spacial score (nSPS) is 11.3. The maximum atomic E-state index is 12.8. The quantitative estimate of drug-likeness (QED) is 0.276. The van der Waals surface area contributed by atoms with Gasteiger partial charge in [-0.3, -0.25) is 10.1 Å². The number of carbonyl (C=O) groups excluding carboxylic acids is 1. The molecule has 4 rings (SSSR count). The standard InChI is InChI=1S/C26H29N3O5/c1-4-33-15-7-14-29-22-9-6-5-8-21(22)27-26(29)28-24(30)13-12-20-17(2)19-11-10-18(32-3)16-23(19)34-25(20)31/h5-6,8-11,16H,4,7,12-15H2,1-3H3,(H,27,28,30). The van der Waals surface area contributed by atoms with Gasteiger partial charge < -0.3 is 18.5 Å². The van der Waals surface area contributed by atoms with Crippen LogP contribution in [0.25, 0.3) is 22.0 Å².